The van der Waals surface area contributed by atoms with Crippen molar-refractivity contribution in [3.63, 3.8) is 0 Å². The lowest BCUT2D eigenvalue weighted by Gasteiger charge is -2.09. The summed E-state index contributed by atoms with van der Waals surface area (Å²) < 4.78 is 5.17. The first-order chi connectivity index (χ1) is 12.7. The smallest absolute Gasteiger partial charge is 0.257 e. The molecule has 0 fully saturated rings. The van der Waals surface area contributed by atoms with E-state index in [0.717, 1.165) is 18.7 Å². The van der Waals surface area contributed by atoms with Gasteiger partial charge < -0.3 is 15.4 Å². The fraction of sp³-hybridized carbons (Fsp3) is 0.143. The van der Waals surface area contributed by atoms with Crippen LogP contribution in [0.2, 0.25) is 0 Å². The standard InChI is InChI=1S/C21H21N3O2/c1-26-20-9-5-8-18(13-20)24-21(25)17-12-19(15-22-14-17)23-11-10-16-6-3-2-4-7-16/h2-9,12-15,23H,10-11H2,1H3,(H,24,25). The Balaban J connectivity index is 1.60. The Morgan fingerprint density at radius 2 is 1.85 bits per heavy atom. The zero-order valence-electron chi connectivity index (χ0n) is 14.6. The van der Waals surface area contributed by atoms with Crippen LogP contribution in [0, 0.1) is 0 Å². The van der Waals surface area contributed by atoms with Gasteiger partial charge in [0.05, 0.1) is 18.4 Å². The first-order valence-corrected chi connectivity index (χ1v) is 8.43. The Morgan fingerprint density at radius 3 is 2.65 bits per heavy atom. The lowest BCUT2D eigenvalue weighted by Crippen LogP contribution is -2.13. The van der Waals surface area contributed by atoms with Gasteiger partial charge in [0.25, 0.3) is 5.91 Å². The van der Waals surface area contributed by atoms with E-state index in [0.29, 0.717) is 17.0 Å². The summed E-state index contributed by atoms with van der Waals surface area (Å²) in [6, 6.07) is 19.3. The minimum atomic E-state index is -0.211. The molecule has 3 aromatic rings. The van der Waals surface area contributed by atoms with Gasteiger partial charge in [0.2, 0.25) is 0 Å². The van der Waals surface area contributed by atoms with Crippen molar-refractivity contribution in [2.75, 3.05) is 24.3 Å². The number of nitrogens with one attached hydrogen (secondary N) is 2. The number of hydrogen-bond acceptors (Lipinski definition) is 4. The number of rotatable bonds is 7. The average molecular weight is 347 g/mol. The molecule has 0 saturated carbocycles. The highest BCUT2D eigenvalue weighted by molar-refractivity contribution is 6.04. The van der Waals surface area contributed by atoms with E-state index in [1.54, 1.807) is 31.6 Å². The number of anilines is 2. The van der Waals surface area contributed by atoms with E-state index >= 15 is 0 Å². The molecule has 26 heavy (non-hydrogen) atoms. The van der Waals surface area contributed by atoms with Gasteiger partial charge in [0, 0.05) is 30.7 Å². The molecule has 5 nitrogen and oxygen atoms in total. The van der Waals surface area contributed by atoms with Crippen molar-refractivity contribution >= 4 is 17.3 Å². The molecule has 132 valence electrons. The quantitative estimate of drug-likeness (QED) is 0.678. The van der Waals surface area contributed by atoms with Crippen molar-refractivity contribution in [2.45, 2.75) is 6.42 Å². The second-order valence-electron chi connectivity index (χ2n) is 5.81. The molecule has 1 amide bonds. The van der Waals surface area contributed by atoms with Crippen LogP contribution in [0.3, 0.4) is 0 Å². The van der Waals surface area contributed by atoms with Crippen molar-refractivity contribution in [1.82, 2.24) is 4.98 Å². The second kappa shape index (κ2) is 8.67. The molecule has 5 heteroatoms. The minimum Gasteiger partial charge on any atom is -0.497 e. The summed E-state index contributed by atoms with van der Waals surface area (Å²) in [6.07, 6.45) is 4.17. The Morgan fingerprint density at radius 1 is 1.00 bits per heavy atom. The van der Waals surface area contributed by atoms with Gasteiger partial charge in [-0.05, 0) is 30.2 Å². The number of ether oxygens (including phenoxy) is 1. The third-order valence-corrected chi connectivity index (χ3v) is 3.91. The molecular formula is C21H21N3O2. The number of nitrogens with zero attached hydrogens (tertiary/aromatic N) is 1. The SMILES string of the molecule is COc1cccc(NC(=O)c2cncc(NCCc3ccccc3)c2)c1. The lowest BCUT2D eigenvalue weighted by atomic mass is 10.1. The van der Waals surface area contributed by atoms with E-state index < -0.39 is 0 Å². The highest BCUT2D eigenvalue weighted by Gasteiger charge is 2.08. The van der Waals surface area contributed by atoms with Crippen molar-refractivity contribution in [3.8, 4) is 5.75 Å². The van der Waals surface area contributed by atoms with E-state index in [1.165, 1.54) is 5.56 Å². The Kier molecular flexibility index (Phi) is 5.83. The van der Waals surface area contributed by atoms with Crippen LogP contribution < -0.4 is 15.4 Å². The normalized spacial score (nSPS) is 10.2. The molecule has 0 spiro atoms. The van der Waals surface area contributed by atoms with Crippen LogP contribution in [-0.4, -0.2) is 24.5 Å². The molecule has 0 unspecified atom stereocenters. The fourth-order valence-corrected chi connectivity index (χ4v) is 2.56. The fourth-order valence-electron chi connectivity index (χ4n) is 2.56. The van der Waals surface area contributed by atoms with Gasteiger partial charge in [-0.15, -0.1) is 0 Å². The van der Waals surface area contributed by atoms with E-state index in [-0.39, 0.29) is 5.91 Å². The van der Waals surface area contributed by atoms with E-state index in [9.17, 15) is 4.79 Å². The van der Waals surface area contributed by atoms with Gasteiger partial charge >= 0.3 is 0 Å². The molecule has 0 saturated heterocycles. The van der Waals surface area contributed by atoms with Crippen LogP contribution in [0.4, 0.5) is 11.4 Å². The molecule has 1 aromatic heterocycles. The van der Waals surface area contributed by atoms with Crippen LogP contribution in [0.5, 0.6) is 5.75 Å². The number of methoxy groups -OCH3 is 1. The lowest BCUT2D eigenvalue weighted by molar-refractivity contribution is 0.102. The largest absolute Gasteiger partial charge is 0.497 e. The highest BCUT2D eigenvalue weighted by atomic mass is 16.5. The molecule has 0 aliphatic carbocycles. The van der Waals surface area contributed by atoms with Crippen LogP contribution in [0.15, 0.2) is 73.1 Å². The third kappa shape index (κ3) is 4.83. The predicted molar refractivity (Wildman–Crippen MR) is 104 cm³/mol. The maximum Gasteiger partial charge on any atom is 0.257 e. The monoisotopic (exact) mass is 347 g/mol. The van der Waals surface area contributed by atoms with Gasteiger partial charge in [0.1, 0.15) is 5.75 Å². The van der Waals surface area contributed by atoms with Crippen LogP contribution >= 0.6 is 0 Å². The maximum absolute atomic E-state index is 12.4. The second-order valence-corrected chi connectivity index (χ2v) is 5.81. The molecular weight excluding hydrogens is 326 g/mol. The summed E-state index contributed by atoms with van der Waals surface area (Å²) in [4.78, 5) is 16.6. The summed E-state index contributed by atoms with van der Waals surface area (Å²) >= 11 is 0. The predicted octanol–water partition coefficient (Wildman–Crippen LogP) is 4.00. The number of carbonyl (C=O) groups excluding carboxylic acids is 1. The Hall–Kier alpha value is -3.34. The van der Waals surface area contributed by atoms with Gasteiger partial charge in [0.15, 0.2) is 0 Å². The molecule has 0 aliphatic rings. The number of aromatic nitrogens is 1. The van der Waals surface area contributed by atoms with E-state index in [1.807, 2.05) is 36.4 Å². The first kappa shape index (κ1) is 17.5. The van der Waals surface area contributed by atoms with Crippen molar-refractivity contribution in [2.24, 2.45) is 0 Å². The molecule has 3 rings (SSSR count). The summed E-state index contributed by atoms with van der Waals surface area (Å²) in [7, 11) is 1.59. The number of carbonyl (C=O) groups is 1. The number of amides is 1. The van der Waals surface area contributed by atoms with Crippen LogP contribution in [0.1, 0.15) is 15.9 Å². The summed E-state index contributed by atoms with van der Waals surface area (Å²) in [5, 5.41) is 6.16. The average Bonchev–Trinajstić information content (AvgIpc) is 2.69. The van der Waals surface area contributed by atoms with Gasteiger partial charge in [-0.25, -0.2) is 0 Å². The molecule has 0 aliphatic heterocycles. The van der Waals surface area contributed by atoms with Crippen LogP contribution in [0.25, 0.3) is 0 Å². The zero-order chi connectivity index (χ0) is 18.2. The maximum atomic E-state index is 12.4. The van der Waals surface area contributed by atoms with Gasteiger partial charge in [-0.2, -0.15) is 0 Å². The summed E-state index contributed by atoms with van der Waals surface area (Å²) in [6.45, 7) is 0.770. The first-order valence-electron chi connectivity index (χ1n) is 8.43. The van der Waals surface area contributed by atoms with E-state index in [2.05, 4.69) is 27.8 Å². The Labute approximate surface area is 153 Å². The van der Waals surface area contributed by atoms with Crippen molar-refractivity contribution in [3.05, 3.63) is 84.2 Å². The topological polar surface area (TPSA) is 63.2 Å². The number of benzene rings is 2. The third-order valence-electron chi connectivity index (χ3n) is 3.91. The van der Waals surface area contributed by atoms with Gasteiger partial charge in [-0.1, -0.05) is 36.4 Å². The van der Waals surface area contributed by atoms with Gasteiger partial charge in [-0.3, -0.25) is 9.78 Å². The number of pyridine rings is 1. The summed E-state index contributed by atoms with van der Waals surface area (Å²) in [5.74, 6) is 0.481. The van der Waals surface area contributed by atoms with Crippen LogP contribution in [-0.2, 0) is 6.42 Å². The highest BCUT2D eigenvalue weighted by Crippen LogP contribution is 2.18. The van der Waals surface area contributed by atoms with Crippen molar-refractivity contribution in [1.29, 1.82) is 0 Å². The summed E-state index contributed by atoms with van der Waals surface area (Å²) in [5.41, 5.74) is 3.26. The zero-order valence-corrected chi connectivity index (χ0v) is 14.6. The molecule has 0 bridgehead atoms. The van der Waals surface area contributed by atoms with Crippen molar-refractivity contribution < 1.29 is 9.53 Å². The molecule has 0 atom stereocenters. The van der Waals surface area contributed by atoms with E-state index in [4.69, 9.17) is 4.74 Å². The molecule has 2 aromatic carbocycles. The number of hydrogen-bond donors (Lipinski definition) is 2. The molecule has 0 radical (unpaired) electrons. The Bertz CT molecular complexity index is 866. The minimum absolute atomic E-state index is 0.211. The molecule has 2 N–H and O–H groups in total. The molecule has 1 heterocycles.